The number of halogens is 2. The highest BCUT2D eigenvalue weighted by Gasteiger charge is 2.45. The van der Waals surface area contributed by atoms with E-state index in [-0.39, 0.29) is 40.7 Å². The van der Waals surface area contributed by atoms with Gasteiger partial charge in [-0.2, -0.15) is 5.10 Å². The molecule has 6 amide bonds. The van der Waals surface area contributed by atoms with Gasteiger partial charge in [-0.05, 0) is 50.9 Å². The zero-order chi connectivity index (χ0) is 39.8. The molecule has 0 radical (unpaired) electrons. The van der Waals surface area contributed by atoms with Crippen LogP contribution in [0.4, 0.5) is 21.9 Å². The van der Waals surface area contributed by atoms with Crippen molar-refractivity contribution in [2.45, 2.75) is 64.0 Å². The Kier molecular flexibility index (Phi) is 13.3. The molecule has 1 fully saturated rings. The van der Waals surface area contributed by atoms with E-state index in [1.54, 1.807) is 37.4 Å². The second-order valence-electron chi connectivity index (χ2n) is 13.2. The summed E-state index contributed by atoms with van der Waals surface area (Å²) in [7, 11) is 1.54. The Balaban J connectivity index is 0.877. The number of methoxy groups -OCH3 is 1. The number of hydrogen-bond donors (Lipinski definition) is 5. The van der Waals surface area contributed by atoms with Gasteiger partial charge >= 0.3 is 6.03 Å². The van der Waals surface area contributed by atoms with Crippen molar-refractivity contribution in [3.8, 4) is 5.88 Å². The van der Waals surface area contributed by atoms with Crippen LogP contribution in [0, 0.1) is 0 Å². The predicted molar refractivity (Wildman–Crippen MR) is 208 cm³/mol. The first-order valence-electron chi connectivity index (χ1n) is 18.3. The Morgan fingerprint density at radius 2 is 1.71 bits per heavy atom. The van der Waals surface area contributed by atoms with E-state index in [1.807, 2.05) is 6.92 Å². The molecule has 17 nitrogen and oxygen atoms in total. The van der Waals surface area contributed by atoms with Crippen LogP contribution < -0.4 is 31.3 Å². The number of nitrogens with one attached hydrogen (secondary N) is 5. The second-order valence-corrected chi connectivity index (χ2v) is 14.0. The van der Waals surface area contributed by atoms with Crippen LogP contribution in [0.15, 0.2) is 42.7 Å². The van der Waals surface area contributed by atoms with Gasteiger partial charge in [0.15, 0.2) is 10.8 Å². The lowest BCUT2D eigenvalue weighted by molar-refractivity contribution is -0.136. The minimum Gasteiger partial charge on any atom is -0.475 e. The molecule has 3 aromatic heterocycles. The number of fused-ring (bicyclic) bond motifs is 2. The quantitative estimate of drug-likeness (QED) is 0.0648. The lowest BCUT2D eigenvalue weighted by atomic mass is 10.0. The van der Waals surface area contributed by atoms with Gasteiger partial charge in [0.25, 0.3) is 11.8 Å². The van der Waals surface area contributed by atoms with Crippen molar-refractivity contribution in [3.63, 3.8) is 0 Å². The summed E-state index contributed by atoms with van der Waals surface area (Å²) < 4.78 is 12.9. The number of amides is 6. The number of imide groups is 2. The zero-order valence-corrected chi connectivity index (χ0v) is 32.3. The first-order chi connectivity index (χ1) is 27.0. The molecule has 2 unspecified atom stereocenters. The monoisotopic (exact) mass is 808 g/mol. The normalized spacial score (nSPS) is 15.9. The first kappa shape index (κ1) is 40.3. The number of carbonyl (C=O) groups is 5. The number of unbranched alkanes of at least 4 members (excludes halogenated alkanes) is 4. The van der Waals surface area contributed by atoms with Crippen molar-refractivity contribution in [1.82, 2.24) is 35.1 Å². The summed E-state index contributed by atoms with van der Waals surface area (Å²) in [6, 6.07) is 6.62. The molecule has 5 N–H and O–H groups in total. The molecule has 1 aromatic carbocycles. The molecule has 56 heavy (non-hydrogen) atoms. The average molecular weight is 810 g/mol. The standard InChI is InChI=1S/C37H42Cl2N10O7/c1-21(55-2)32-26(20-42-29-18-28(39)47-49(29)32)45-37(54)44-25-17-22(38)19-43-34(25)56-16-15-40-13-6-4-3-5-7-14-41-24-10-8-9-23-31(24)36(53)48(35(23)52)27-11-12-30(50)46-33(27)51/h8-10,17-21,27,40-41H,3-7,11-16H2,1-2H3,(H2,44,45,54)(H,46,50,51). The SMILES string of the molecule is COC(C)c1c(NC(=O)Nc2cc(Cl)cnc2OCCNCCCCCCCNc2cccc3c2C(=O)N(C2CCC(=O)NC2=O)C3=O)cnc2cc(Cl)nn12. The minimum atomic E-state index is -0.998. The molecule has 2 aliphatic rings. The van der Waals surface area contributed by atoms with Gasteiger partial charge < -0.3 is 30.7 Å². The maximum Gasteiger partial charge on any atom is 0.323 e. The smallest absolute Gasteiger partial charge is 0.323 e. The van der Waals surface area contributed by atoms with Crippen LogP contribution in [0.1, 0.15) is 84.4 Å². The molecule has 2 aliphatic heterocycles. The number of nitrogens with zero attached hydrogens (tertiary/aromatic N) is 5. The second kappa shape index (κ2) is 18.5. The van der Waals surface area contributed by atoms with Crippen LogP contribution in [0.5, 0.6) is 5.88 Å². The fourth-order valence-corrected chi connectivity index (χ4v) is 6.90. The summed E-state index contributed by atoms with van der Waals surface area (Å²) in [4.78, 5) is 72.9. The van der Waals surface area contributed by atoms with E-state index in [9.17, 15) is 24.0 Å². The number of pyridine rings is 1. The lowest BCUT2D eigenvalue weighted by Crippen LogP contribution is -2.54. The summed E-state index contributed by atoms with van der Waals surface area (Å²) in [5, 5.41) is 19.2. The number of hydrogen-bond acceptors (Lipinski definition) is 12. The molecular weight excluding hydrogens is 767 g/mol. The summed E-state index contributed by atoms with van der Waals surface area (Å²) in [5.41, 5.74) is 2.78. The van der Waals surface area contributed by atoms with Crippen LogP contribution in [0.25, 0.3) is 5.65 Å². The third-order valence-electron chi connectivity index (χ3n) is 9.38. The highest BCUT2D eigenvalue weighted by Crippen LogP contribution is 2.33. The van der Waals surface area contributed by atoms with Gasteiger partial charge in [0, 0.05) is 44.6 Å². The Morgan fingerprint density at radius 3 is 2.50 bits per heavy atom. The largest absolute Gasteiger partial charge is 0.475 e. The zero-order valence-electron chi connectivity index (χ0n) is 30.8. The fourth-order valence-electron chi connectivity index (χ4n) is 6.57. The van der Waals surface area contributed by atoms with Crippen LogP contribution in [0.3, 0.4) is 0 Å². The summed E-state index contributed by atoms with van der Waals surface area (Å²) in [6.45, 7) is 4.08. The van der Waals surface area contributed by atoms with Crippen LogP contribution in [0.2, 0.25) is 10.2 Å². The van der Waals surface area contributed by atoms with Gasteiger partial charge in [0.05, 0.1) is 39.8 Å². The molecule has 0 saturated carbocycles. The Bertz CT molecular complexity index is 2130. The number of carbonyl (C=O) groups excluding carboxylic acids is 5. The molecule has 0 bridgehead atoms. The van der Waals surface area contributed by atoms with Gasteiger partial charge in [0.2, 0.25) is 17.7 Å². The van der Waals surface area contributed by atoms with Crippen molar-refractivity contribution in [2.75, 3.05) is 49.3 Å². The van der Waals surface area contributed by atoms with E-state index in [4.69, 9.17) is 32.7 Å². The number of aromatic nitrogens is 4. The maximum atomic E-state index is 13.3. The molecule has 4 aromatic rings. The van der Waals surface area contributed by atoms with E-state index in [0.29, 0.717) is 47.4 Å². The van der Waals surface area contributed by atoms with Gasteiger partial charge in [-0.3, -0.25) is 29.4 Å². The molecular formula is C37H42Cl2N10O7. The Labute approximate surface area is 332 Å². The molecule has 0 aliphatic carbocycles. The molecule has 296 valence electrons. The minimum absolute atomic E-state index is 0.0724. The van der Waals surface area contributed by atoms with Gasteiger partial charge in [-0.15, -0.1) is 0 Å². The van der Waals surface area contributed by atoms with E-state index in [2.05, 4.69) is 41.7 Å². The Morgan fingerprint density at radius 1 is 0.946 bits per heavy atom. The predicted octanol–water partition coefficient (Wildman–Crippen LogP) is 5.21. The van der Waals surface area contributed by atoms with Gasteiger partial charge in [0.1, 0.15) is 18.3 Å². The van der Waals surface area contributed by atoms with Crippen molar-refractivity contribution >= 4 is 75.6 Å². The highest BCUT2D eigenvalue weighted by atomic mass is 35.5. The number of piperidine rings is 1. The van der Waals surface area contributed by atoms with E-state index >= 15 is 0 Å². The van der Waals surface area contributed by atoms with E-state index in [1.165, 1.54) is 16.9 Å². The maximum absolute atomic E-state index is 13.3. The van der Waals surface area contributed by atoms with E-state index in [0.717, 1.165) is 43.5 Å². The molecule has 1 saturated heterocycles. The van der Waals surface area contributed by atoms with Gasteiger partial charge in [-0.1, -0.05) is 48.5 Å². The summed E-state index contributed by atoms with van der Waals surface area (Å²) in [6.07, 6.45) is 7.52. The van der Waals surface area contributed by atoms with E-state index < -0.39 is 41.8 Å². The van der Waals surface area contributed by atoms with Crippen molar-refractivity contribution in [1.29, 1.82) is 0 Å². The highest BCUT2D eigenvalue weighted by molar-refractivity contribution is 6.31. The molecule has 19 heteroatoms. The first-order valence-corrected chi connectivity index (χ1v) is 19.0. The number of ether oxygens (including phenoxy) is 2. The molecule has 2 atom stereocenters. The summed E-state index contributed by atoms with van der Waals surface area (Å²) >= 11 is 12.3. The third kappa shape index (κ3) is 9.35. The summed E-state index contributed by atoms with van der Waals surface area (Å²) in [5.74, 6) is -1.88. The van der Waals surface area contributed by atoms with Gasteiger partial charge in [-0.25, -0.2) is 19.3 Å². The van der Waals surface area contributed by atoms with Crippen molar-refractivity contribution < 1.29 is 33.4 Å². The van der Waals surface area contributed by atoms with Crippen LogP contribution >= 0.6 is 23.2 Å². The molecule has 5 heterocycles. The fraction of sp³-hybridized carbons (Fsp3) is 0.405. The number of benzene rings is 1. The number of anilines is 3. The number of rotatable bonds is 18. The topological polar surface area (TPSA) is 210 Å². The Hall–Kier alpha value is -5.36. The number of urea groups is 1. The van der Waals surface area contributed by atoms with Crippen LogP contribution in [-0.2, 0) is 14.3 Å². The van der Waals surface area contributed by atoms with Crippen molar-refractivity contribution in [3.05, 3.63) is 69.7 Å². The average Bonchev–Trinajstić information content (AvgIpc) is 3.67. The van der Waals surface area contributed by atoms with Crippen LogP contribution in [-0.4, -0.2) is 93.5 Å². The van der Waals surface area contributed by atoms with Crippen molar-refractivity contribution in [2.24, 2.45) is 0 Å². The molecule has 6 rings (SSSR count). The lowest BCUT2D eigenvalue weighted by Gasteiger charge is -2.27. The third-order valence-corrected chi connectivity index (χ3v) is 9.77. The molecule has 0 spiro atoms.